The highest BCUT2D eigenvalue weighted by Gasteiger charge is 2.12. The summed E-state index contributed by atoms with van der Waals surface area (Å²) < 4.78 is 5.66. The Balaban J connectivity index is 1.50. The van der Waals surface area contributed by atoms with Crippen LogP contribution in [0, 0.1) is 0 Å². The molecule has 0 aromatic heterocycles. The lowest BCUT2D eigenvalue weighted by Crippen LogP contribution is -3.04. The molecule has 132 valence electrons. The summed E-state index contributed by atoms with van der Waals surface area (Å²) in [5, 5.41) is 2.96. The van der Waals surface area contributed by atoms with Gasteiger partial charge in [-0.15, -0.1) is 0 Å². The summed E-state index contributed by atoms with van der Waals surface area (Å²) >= 11 is 0. The van der Waals surface area contributed by atoms with Crippen LogP contribution in [0.2, 0.25) is 0 Å². The minimum atomic E-state index is -0.0903. The van der Waals surface area contributed by atoms with E-state index in [4.69, 9.17) is 4.74 Å². The van der Waals surface area contributed by atoms with Gasteiger partial charge in [0.2, 0.25) is 0 Å². The third-order valence-corrected chi connectivity index (χ3v) is 4.58. The van der Waals surface area contributed by atoms with Gasteiger partial charge in [0.15, 0.2) is 6.61 Å². The van der Waals surface area contributed by atoms with Crippen LogP contribution < -0.4 is 15.0 Å². The topological polar surface area (TPSA) is 42.8 Å². The number of aryl methyl sites for hydroxylation is 2. The fraction of sp³-hybridized carbons (Fsp3) is 0.381. The molecule has 2 aromatic rings. The molecule has 0 unspecified atom stereocenters. The molecule has 0 fully saturated rings. The van der Waals surface area contributed by atoms with Gasteiger partial charge in [-0.2, -0.15) is 0 Å². The van der Waals surface area contributed by atoms with Crippen LogP contribution in [0.1, 0.15) is 28.7 Å². The van der Waals surface area contributed by atoms with Crippen LogP contribution in [0.15, 0.2) is 42.5 Å². The molecule has 3 rings (SSSR count). The summed E-state index contributed by atoms with van der Waals surface area (Å²) in [4.78, 5) is 13.5. The maximum atomic E-state index is 12.1. The van der Waals surface area contributed by atoms with Gasteiger partial charge in [-0.1, -0.05) is 30.3 Å². The van der Waals surface area contributed by atoms with Gasteiger partial charge >= 0.3 is 0 Å². The van der Waals surface area contributed by atoms with Crippen molar-refractivity contribution in [1.29, 1.82) is 0 Å². The predicted octanol–water partition coefficient (Wildman–Crippen LogP) is 1.51. The molecule has 1 aliphatic rings. The Morgan fingerprint density at radius 3 is 2.64 bits per heavy atom. The normalized spacial score (nSPS) is 12.9. The lowest BCUT2D eigenvalue weighted by molar-refractivity contribution is -0.872. The van der Waals surface area contributed by atoms with E-state index >= 15 is 0 Å². The van der Waals surface area contributed by atoms with Crippen LogP contribution in [0.25, 0.3) is 0 Å². The Labute approximate surface area is 149 Å². The third-order valence-electron chi connectivity index (χ3n) is 4.58. The van der Waals surface area contributed by atoms with Crippen molar-refractivity contribution >= 4 is 5.91 Å². The first-order valence-corrected chi connectivity index (χ1v) is 8.99. The van der Waals surface area contributed by atoms with Crippen LogP contribution >= 0.6 is 0 Å². The second kappa shape index (κ2) is 8.17. The Morgan fingerprint density at radius 1 is 1.08 bits per heavy atom. The van der Waals surface area contributed by atoms with Crippen molar-refractivity contribution in [3.8, 4) is 5.75 Å². The third kappa shape index (κ3) is 4.83. The van der Waals surface area contributed by atoms with E-state index in [1.54, 1.807) is 0 Å². The molecule has 4 nitrogen and oxygen atoms in total. The smallest absolute Gasteiger partial charge is 0.258 e. The average molecular weight is 339 g/mol. The molecule has 0 saturated carbocycles. The highest BCUT2D eigenvalue weighted by atomic mass is 16.5. The molecule has 0 radical (unpaired) electrons. The molecule has 0 atom stereocenters. The van der Waals surface area contributed by atoms with Gasteiger partial charge < -0.3 is 15.0 Å². The van der Waals surface area contributed by atoms with E-state index in [0.717, 1.165) is 30.7 Å². The van der Waals surface area contributed by atoms with Crippen molar-refractivity contribution in [2.75, 3.05) is 20.7 Å². The zero-order valence-electron chi connectivity index (χ0n) is 15.1. The molecule has 1 aliphatic carbocycles. The van der Waals surface area contributed by atoms with Crippen LogP contribution in [0.4, 0.5) is 0 Å². The monoisotopic (exact) mass is 339 g/mol. The lowest BCUT2D eigenvalue weighted by Gasteiger charge is -2.13. The Kier molecular flexibility index (Phi) is 5.71. The average Bonchev–Trinajstić information content (AvgIpc) is 3.06. The number of rotatable bonds is 7. The van der Waals surface area contributed by atoms with Crippen molar-refractivity contribution in [3.63, 3.8) is 0 Å². The second-order valence-electron chi connectivity index (χ2n) is 7.00. The van der Waals surface area contributed by atoms with Gasteiger partial charge in [0.25, 0.3) is 5.91 Å². The number of hydrogen-bond donors (Lipinski definition) is 2. The standard InChI is InChI=1S/C21H26N2O2/c1-23(2)14-19-7-4-3-6-18(19)13-22-21(24)15-25-20-11-10-16-8-5-9-17(16)12-20/h3-4,6-7,10-12H,5,8-9,13-15H2,1-2H3,(H,22,24)/p+1. The number of quaternary nitrogens is 1. The second-order valence-corrected chi connectivity index (χ2v) is 7.00. The first-order valence-electron chi connectivity index (χ1n) is 8.99. The molecule has 25 heavy (non-hydrogen) atoms. The molecule has 4 heteroatoms. The first-order chi connectivity index (χ1) is 12.1. The van der Waals surface area contributed by atoms with E-state index in [-0.39, 0.29) is 12.5 Å². The molecule has 0 spiro atoms. The molecular formula is C21H27N2O2+. The SMILES string of the molecule is C[NH+](C)Cc1ccccc1CNC(=O)COc1ccc2c(c1)CCC2. The van der Waals surface area contributed by atoms with Gasteiger partial charge in [-0.25, -0.2) is 0 Å². The van der Waals surface area contributed by atoms with Crippen molar-refractivity contribution < 1.29 is 14.4 Å². The number of hydrogen-bond acceptors (Lipinski definition) is 2. The van der Waals surface area contributed by atoms with Crippen molar-refractivity contribution in [2.45, 2.75) is 32.4 Å². The maximum absolute atomic E-state index is 12.1. The van der Waals surface area contributed by atoms with E-state index in [2.05, 4.69) is 43.7 Å². The molecule has 2 aromatic carbocycles. The number of amides is 1. The summed E-state index contributed by atoms with van der Waals surface area (Å²) in [7, 11) is 4.25. The largest absolute Gasteiger partial charge is 0.484 e. The van der Waals surface area contributed by atoms with Crippen LogP contribution in [-0.4, -0.2) is 26.6 Å². The molecule has 2 N–H and O–H groups in total. The fourth-order valence-electron chi connectivity index (χ4n) is 3.32. The number of nitrogens with one attached hydrogen (secondary N) is 2. The first kappa shape index (κ1) is 17.5. The summed E-state index contributed by atoms with van der Waals surface area (Å²) in [6.07, 6.45) is 3.49. The zero-order valence-corrected chi connectivity index (χ0v) is 15.1. The summed E-state index contributed by atoms with van der Waals surface area (Å²) in [5.41, 5.74) is 5.20. The number of carbonyl (C=O) groups excluding carboxylic acids is 1. The number of ether oxygens (including phenoxy) is 1. The van der Waals surface area contributed by atoms with Crippen LogP contribution in [-0.2, 0) is 30.7 Å². The molecule has 0 heterocycles. The van der Waals surface area contributed by atoms with Gasteiger partial charge in [-0.3, -0.25) is 4.79 Å². The molecule has 1 amide bonds. The summed E-state index contributed by atoms with van der Waals surface area (Å²) in [6, 6.07) is 14.4. The lowest BCUT2D eigenvalue weighted by atomic mass is 10.1. The van der Waals surface area contributed by atoms with E-state index in [0.29, 0.717) is 6.54 Å². The molecule has 0 saturated heterocycles. The maximum Gasteiger partial charge on any atom is 0.258 e. The van der Waals surface area contributed by atoms with E-state index in [1.807, 2.05) is 18.2 Å². The minimum absolute atomic E-state index is 0.0554. The van der Waals surface area contributed by atoms with E-state index < -0.39 is 0 Å². The van der Waals surface area contributed by atoms with Gasteiger partial charge in [0.1, 0.15) is 12.3 Å². The van der Waals surface area contributed by atoms with Crippen LogP contribution in [0.3, 0.4) is 0 Å². The zero-order chi connectivity index (χ0) is 17.6. The van der Waals surface area contributed by atoms with Gasteiger partial charge in [-0.05, 0) is 48.1 Å². The Bertz CT molecular complexity index is 740. The Morgan fingerprint density at radius 2 is 1.84 bits per heavy atom. The number of benzene rings is 2. The summed E-state index contributed by atoms with van der Waals surface area (Å²) in [6.45, 7) is 1.54. The van der Waals surface area contributed by atoms with Crippen molar-refractivity contribution in [1.82, 2.24) is 5.32 Å². The highest BCUT2D eigenvalue weighted by molar-refractivity contribution is 5.77. The Hall–Kier alpha value is -2.33. The molecular weight excluding hydrogens is 312 g/mol. The minimum Gasteiger partial charge on any atom is -0.484 e. The number of fused-ring (bicyclic) bond motifs is 1. The van der Waals surface area contributed by atoms with E-state index in [1.165, 1.54) is 28.0 Å². The highest BCUT2D eigenvalue weighted by Crippen LogP contribution is 2.25. The predicted molar refractivity (Wildman–Crippen MR) is 98.8 cm³/mol. The summed E-state index contributed by atoms with van der Waals surface area (Å²) in [5.74, 6) is 0.694. The molecule has 0 bridgehead atoms. The van der Waals surface area contributed by atoms with Gasteiger partial charge in [0.05, 0.1) is 14.1 Å². The quantitative estimate of drug-likeness (QED) is 0.803. The van der Waals surface area contributed by atoms with Crippen molar-refractivity contribution in [2.24, 2.45) is 0 Å². The van der Waals surface area contributed by atoms with Gasteiger partial charge in [0, 0.05) is 12.1 Å². The number of carbonyl (C=O) groups is 1. The van der Waals surface area contributed by atoms with E-state index in [9.17, 15) is 4.79 Å². The molecule has 0 aliphatic heterocycles. The fourth-order valence-corrected chi connectivity index (χ4v) is 3.32. The van der Waals surface area contributed by atoms with Crippen molar-refractivity contribution in [3.05, 3.63) is 64.7 Å². The van der Waals surface area contributed by atoms with Crippen LogP contribution in [0.5, 0.6) is 5.75 Å².